The summed E-state index contributed by atoms with van der Waals surface area (Å²) in [6.45, 7) is 9.44. The maximum atomic E-state index is 12.8. The number of ether oxygens (including phenoxy) is 3. The second kappa shape index (κ2) is 15.9. The third-order valence-corrected chi connectivity index (χ3v) is 8.68. The first-order valence-corrected chi connectivity index (χ1v) is 16.1. The Morgan fingerprint density at radius 2 is 1.69 bits per heavy atom. The molecule has 48 heavy (non-hydrogen) atoms. The summed E-state index contributed by atoms with van der Waals surface area (Å²) in [4.78, 5) is 49.2. The molecule has 0 spiro atoms. The van der Waals surface area contributed by atoms with E-state index in [1.807, 2.05) is 36.4 Å². The summed E-state index contributed by atoms with van der Waals surface area (Å²) in [5, 5.41) is 9.29. The number of aromatic amines is 1. The number of carbonyl (C=O) groups is 2. The van der Waals surface area contributed by atoms with E-state index in [0.717, 1.165) is 49.5 Å². The van der Waals surface area contributed by atoms with Crippen LogP contribution < -0.4 is 10.3 Å². The standard InChI is InChI=1S/C37H41N5O6/c1-37(2,36(45)46-3)19-33(43)48-34-32(39-25-40-35(34)44)18-31(24-42-22-29(20-38)23-42)30-12-10-27(11-13-30)5-4-26-6-8-28(9-7-26)21-41-14-16-47-17-15-41/h6-13,25,29,31H,14-19,21-24H2,1-3H3,(H,39,40,44)/t31-/m1/s1. The summed E-state index contributed by atoms with van der Waals surface area (Å²) < 4.78 is 15.8. The van der Waals surface area contributed by atoms with Crippen molar-refractivity contribution in [3.05, 3.63) is 93.2 Å². The largest absolute Gasteiger partial charge is 0.469 e. The Morgan fingerprint density at radius 1 is 1.04 bits per heavy atom. The minimum atomic E-state index is -1.13. The number of rotatable bonds is 11. The second-order valence-corrected chi connectivity index (χ2v) is 12.9. The topological polar surface area (TPSA) is 138 Å². The Kier molecular flexibility index (Phi) is 11.4. The highest BCUT2D eigenvalue weighted by molar-refractivity contribution is 5.83. The van der Waals surface area contributed by atoms with Crippen LogP contribution in [0.3, 0.4) is 0 Å². The molecule has 0 amide bonds. The number of likely N-dealkylation sites (tertiary alicyclic amines) is 1. The van der Waals surface area contributed by atoms with Gasteiger partial charge in [-0.2, -0.15) is 5.26 Å². The summed E-state index contributed by atoms with van der Waals surface area (Å²) in [5.74, 6) is 4.88. The molecule has 0 radical (unpaired) electrons. The number of nitrogens with one attached hydrogen (secondary N) is 1. The van der Waals surface area contributed by atoms with Crippen LogP contribution in [0.2, 0.25) is 0 Å². The number of nitrogens with zero attached hydrogens (tertiary/aromatic N) is 4. The molecule has 0 unspecified atom stereocenters. The fourth-order valence-electron chi connectivity index (χ4n) is 5.86. The van der Waals surface area contributed by atoms with Crippen LogP contribution in [0, 0.1) is 34.5 Å². The molecule has 11 nitrogen and oxygen atoms in total. The lowest BCUT2D eigenvalue weighted by Crippen LogP contribution is -2.47. The van der Waals surface area contributed by atoms with Crippen molar-refractivity contribution in [1.29, 1.82) is 5.26 Å². The van der Waals surface area contributed by atoms with Crippen LogP contribution in [0.15, 0.2) is 59.7 Å². The Hall–Kier alpha value is -4.81. The Labute approximate surface area is 280 Å². The van der Waals surface area contributed by atoms with Gasteiger partial charge >= 0.3 is 11.9 Å². The van der Waals surface area contributed by atoms with Gasteiger partial charge in [0.05, 0.1) is 56.2 Å². The summed E-state index contributed by atoms with van der Waals surface area (Å²) in [7, 11) is 1.25. The van der Waals surface area contributed by atoms with Crippen LogP contribution in [0.4, 0.5) is 0 Å². The van der Waals surface area contributed by atoms with Crippen molar-refractivity contribution >= 4 is 11.9 Å². The van der Waals surface area contributed by atoms with Gasteiger partial charge in [-0.25, -0.2) is 4.98 Å². The molecule has 1 N–H and O–H groups in total. The molecule has 3 aromatic rings. The van der Waals surface area contributed by atoms with E-state index in [0.29, 0.717) is 31.7 Å². The van der Waals surface area contributed by atoms with Crippen LogP contribution in [-0.2, 0) is 32.0 Å². The summed E-state index contributed by atoms with van der Waals surface area (Å²) in [6, 6.07) is 18.6. The zero-order valence-electron chi connectivity index (χ0n) is 27.7. The first-order valence-electron chi connectivity index (χ1n) is 16.1. The molecular formula is C37H41N5O6. The highest BCUT2D eigenvalue weighted by Gasteiger charge is 2.34. The number of H-pyrrole nitrogens is 1. The van der Waals surface area contributed by atoms with E-state index >= 15 is 0 Å². The Bertz CT molecular complexity index is 1740. The van der Waals surface area contributed by atoms with Gasteiger partial charge in [-0.05, 0) is 49.2 Å². The average molecular weight is 652 g/mol. The van der Waals surface area contributed by atoms with Crippen molar-refractivity contribution < 1.29 is 23.8 Å². The molecule has 1 aromatic heterocycles. The number of methoxy groups -OCH3 is 1. The predicted octanol–water partition coefficient (Wildman–Crippen LogP) is 3.28. The van der Waals surface area contributed by atoms with Gasteiger partial charge in [0.2, 0.25) is 5.75 Å². The molecule has 250 valence electrons. The van der Waals surface area contributed by atoms with Crippen LogP contribution >= 0.6 is 0 Å². The van der Waals surface area contributed by atoms with Gasteiger partial charge in [0.1, 0.15) is 0 Å². The van der Waals surface area contributed by atoms with Gasteiger partial charge in [-0.1, -0.05) is 36.1 Å². The lowest BCUT2D eigenvalue weighted by Gasteiger charge is -2.37. The van der Waals surface area contributed by atoms with Crippen LogP contribution in [0.5, 0.6) is 5.75 Å². The highest BCUT2D eigenvalue weighted by atomic mass is 16.5. The molecule has 11 heteroatoms. The highest BCUT2D eigenvalue weighted by Crippen LogP contribution is 2.29. The van der Waals surface area contributed by atoms with E-state index < -0.39 is 22.9 Å². The predicted molar refractivity (Wildman–Crippen MR) is 178 cm³/mol. The van der Waals surface area contributed by atoms with E-state index in [1.165, 1.54) is 19.0 Å². The quantitative estimate of drug-likeness (QED) is 0.243. The van der Waals surface area contributed by atoms with Gasteiger partial charge in [-0.15, -0.1) is 0 Å². The molecule has 5 rings (SSSR count). The van der Waals surface area contributed by atoms with Crippen molar-refractivity contribution in [2.75, 3.05) is 53.0 Å². The lowest BCUT2D eigenvalue weighted by molar-refractivity contribution is -0.155. The molecule has 2 aliphatic heterocycles. The van der Waals surface area contributed by atoms with Crippen LogP contribution in [-0.4, -0.2) is 84.8 Å². The number of aromatic nitrogens is 2. The van der Waals surface area contributed by atoms with E-state index in [9.17, 15) is 19.6 Å². The maximum absolute atomic E-state index is 12.8. The minimum Gasteiger partial charge on any atom is -0.469 e. The average Bonchev–Trinajstić information content (AvgIpc) is 3.07. The summed E-state index contributed by atoms with van der Waals surface area (Å²) in [5.41, 5.74) is 2.65. The normalized spacial score (nSPS) is 16.1. The first kappa shape index (κ1) is 34.5. The third kappa shape index (κ3) is 9.17. The van der Waals surface area contributed by atoms with Gasteiger partial charge in [0.15, 0.2) is 0 Å². The van der Waals surface area contributed by atoms with Gasteiger partial charge in [-0.3, -0.25) is 19.3 Å². The molecular weight excluding hydrogens is 610 g/mol. The number of morpholine rings is 1. The third-order valence-electron chi connectivity index (χ3n) is 8.68. The molecule has 1 atom stereocenters. The SMILES string of the molecule is COC(=O)C(C)(C)CC(=O)Oc1c(C[C@H](CN2CC(C#N)C2)c2ccc(C#Cc3ccc(CN4CCOCC4)cc3)cc2)nc[nH]c1=O. The molecule has 0 aliphatic carbocycles. The molecule has 2 aromatic carbocycles. The van der Waals surface area contributed by atoms with Crippen molar-refractivity contribution in [2.45, 2.75) is 39.2 Å². The molecule has 2 aliphatic rings. The van der Waals surface area contributed by atoms with Crippen molar-refractivity contribution in [2.24, 2.45) is 11.3 Å². The zero-order chi connectivity index (χ0) is 34.1. The molecule has 2 saturated heterocycles. The molecule has 3 heterocycles. The van der Waals surface area contributed by atoms with Gasteiger partial charge in [0.25, 0.3) is 5.56 Å². The molecule has 0 bridgehead atoms. The summed E-state index contributed by atoms with van der Waals surface area (Å²) >= 11 is 0. The smallest absolute Gasteiger partial charge is 0.312 e. The Balaban J connectivity index is 1.30. The number of hydrogen-bond donors (Lipinski definition) is 1. The zero-order valence-corrected chi connectivity index (χ0v) is 27.7. The fraction of sp³-hybridized carbons (Fsp3) is 0.432. The molecule has 2 fully saturated rings. The van der Waals surface area contributed by atoms with Crippen molar-refractivity contribution in [3.63, 3.8) is 0 Å². The number of esters is 2. The van der Waals surface area contributed by atoms with E-state index in [1.54, 1.807) is 13.8 Å². The van der Waals surface area contributed by atoms with Gasteiger partial charge < -0.3 is 24.1 Å². The number of carbonyl (C=O) groups excluding carboxylic acids is 2. The van der Waals surface area contributed by atoms with E-state index in [-0.39, 0.29) is 24.0 Å². The summed E-state index contributed by atoms with van der Waals surface area (Å²) in [6.07, 6.45) is 1.32. The number of benzene rings is 2. The Morgan fingerprint density at radius 3 is 2.31 bits per heavy atom. The second-order valence-electron chi connectivity index (χ2n) is 12.9. The van der Waals surface area contributed by atoms with Gasteiger partial charge in [0, 0.05) is 62.7 Å². The van der Waals surface area contributed by atoms with Crippen LogP contribution in [0.1, 0.15) is 54.1 Å². The van der Waals surface area contributed by atoms with Crippen molar-refractivity contribution in [3.8, 4) is 23.7 Å². The van der Waals surface area contributed by atoms with E-state index in [2.05, 4.69) is 49.8 Å². The number of nitriles is 1. The fourth-order valence-corrected chi connectivity index (χ4v) is 5.86. The van der Waals surface area contributed by atoms with E-state index in [4.69, 9.17) is 14.2 Å². The monoisotopic (exact) mass is 651 g/mol. The minimum absolute atomic E-state index is 0.0101. The maximum Gasteiger partial charge on any atom is 0.312 e. The van der Waals surface area contributed by atoms with Crippen molar-refractivity contribution in [1.82, 2.24) is 19.8 Å². The lowest BCUT2D eigenvalue weighted by atomic mass is 9.89. The van der Waals surface area contributed by atoms with Crippen LogP contribution in [0.25, 0.3) is 0 Å². The molecule has 0 saturated carbocycles. The first-order chi connectivity index (χ1) is 23.1. The number of hydrogen-bond acceptors (Lipinski definition) is 10.